The molecule has 0 unspecified atom stereocenters. The van der Waals surface area contributed by atoms with Crippen molar-refractivity contribution in [2.24, 2.45) is 0 Å². The summed E-state index contributed by atoms with van der Waals surface area (Å²) in [6.45, 7) is 10.3. The lowest BCUT2D eigenvalue weighted by molar-refractivity contribution is 0.0622. The van der Waals surface area contributed by atoms with Crippen LogP contribution in [0.25, 0.3) is 27.6 Å². The summed E-state index contributed by atoms with van der Waals surface area (Å²) in [4.78, 5) is 12.5. The predicted octanol–water partition coefficient (Wildman–Crippen LogP) is 5.73. The minimum absolute atomic E-state index is 0.264. The summed E-state index contributed by atoms with van der Waals surface area (Å²) < 4.78 is 10.4. The van der Waals surface area contributed by atoms with Crippen LogP contribution in [0.1, 0.15) is 24.5 Å². The number of H-pyrrole nitrogens is 2. The monoisotopic (exact) mass is 668 g/mol. The van der Waals surface area contributed by atoms with Gasteiger partial charge in [0.25, 0.3) is 5.54 Å². The van der Waals surface area contributed by atoms with Gasteiger partial charge in [-0.3, -0.25) is 10.2 Å². The van der Waals surface area contributed by atoms with Crippen LogP contribution in [0.15, 0.2) is 60.7 Å². The van der Waals surface area contributed by atoms with E-state index in [2.05, 4.69) is 67.1 Å². The molecule has 0 spiro atoms. The third-order valence-electron chi connectivity index (χ3n) is 5.75. The van der Waals surface area contributed by atoms with Crippen molar-refractivity contribution in [3.05, 3.63) is 83.7 Å². The van der Waals surface area contributed by atoms with Gasteiger partial charge in [0.2, 0.25) is 5.82 Å². The molecule has 5 rings (SSSR count). The fourth-order valence-corrected chi connectivity index (χ4v) is 4.13. The van der Waals surface area contributed by atoms with Crippen molar-refractivity contribution in [3.8, 4) is 28.8 Å². The number of nitrogens with zero attached hydrogens (tertiary/aromatic N) is 6. The van der Waals surface area contributed by atoms with Gasteiger partial charge in [0.15, 0.2) is 11.6 Å². The fraction of sp³-hybridized carbons (Fsp3) is 0.357. The molecule has 0 amide bonds. The molecule has 2 N–H and O–H groups in total. The van der Waals surface area contributed by atoms with E-state index in [0.29, 0.717) is 49.4 Å². The maximum Gasteiger partial charge on any atom is 0.294 e. The van der Waals surface area contributed by atoms with Gasteiger partial charge in [-0.15, -0.1) is 0 Å². The lowest BCUT2D eigenvalue weighted by Crippen LogP contribution is -2.31. The highest BCUT2D eigenvalue weighted by Gasteiger charge is 2.44. The summed E-state index contributed by atoms with van der Waals surface area (Å²) >= 11 is 6.48. The van der Waals surface area contributed by atoms with E-state index in [0.717, 1.165) is 35.0 Å². The van der Waals surface area contributed by atoms with Gasteiger partial charge >= 0.3 is 0 Å². The Morgan fingerprint density at radius 3 is 1.98 bits per heavy atom. The Balaban J connectivity index is 0.000000185. The molecule has 0 bridgehead atoms. The number of ether oxygens (including phenoxy) is 2. The SMILES string of the molecule is BrCCOCCBr.N#CCc1nc(-c2ccccc2)n[nH]1.[C-]#[N+]C1(c2nc(-c3ccccc3)n[nH]2)CCOCC1. The van der Waals surface area contributed by atoms with Gasteiger partial charge in [-0.05, 0) is 0 Å². The Hall–Kier alpha value is -3.42. The predicted molar refractivity (Wildman–Crippen MR) is 160 cm³/mol. The molecule has 0 radical (unpaired) electrons. The molecule has 2 aromatic carbocycles. The number of benzene rings is 2. The minimum Gasteiger partial charge on any atom is -0.381 e. The highest BCUT2D eigenvalue weighted by molar-refractivity contribution is 9.09. The van der Waals surface area contributed by atoms with E-state index < -0.39 is 5.54 Å². The summed E-state index contributed by atoms with van der Waals surface area (Å²) in [6, 6.07) is 21.4. The number of hydrogen-bond acceptors (Lipinski definition) is 7. The van der Waals surface area contributed by atoms with E-state index in [1.807, 2.05) is 66.7 Å². The van der Waals surface area contributed by atoms with Crippen LogP contribution >= 0.6 is 31.9 Å². The smallest absolute Gasteiger partial charge is 0.294 e. The number of alkyl halides is 2. The van der Waals surface area contributed by atoms with Crippen LogP contribution in [0.4, 0.5) is 0 Å². The van der Waals surface area contributed by atoms with Crippen molar-refractivity contribution in [1.29, 1.82) is 5.26 Å². The van der Waals surface area contributed by atoms with Gasteiger partial charge in [-0.1, -0.05) is 92.5 Å². The van der Waals surface area contributed by atoms with E-state index >= 15 is 0 Å². The second-order valence-electron chi connectivity index (χ2n) is 8.43. The quantitative estimate of drug-likeness (QED) is 0.139. The van der Waals surface area contributed by atoms with Crippen LogP contribution < -0.4 is 0 Å². The molecule has 1 aliphatic rings. The normalized spacial score (nSPS) is 13.5. The van der Waals surface area contributed by atoms with Crippen molar-refractivity contribution < 1.29 is 9.47 Å². The van der Waals surface area contributed by atoms with Crippen molar-refractivity contribution in [1.82, 2.24) is 30.4 Å². The van der Waals surface area contributed by atoms with E-state index in [4.69, 9.17) is 21.3 Å². The van der Waals surface area contributed by atoms with Crippen LogP contribution in [0.3, 0.4) is 0 Å². The summed E-state index contributed by atoms with van der Waals surface area (Å²) in [5, 5.41) is 24.2. The molecule has 10 nitrogen and oxygen atoms in total. The van der Waals surface area contributed by atoms with E-state index in [1.165, 1.54) is 0 Å². The van der Waals surface area contributed by atoms with Crippen molar-refractivity contribution in [2.75, 3.05) is 37.1 Å². The average Bonchev–Trinajstić information content (AvgIpc) is 3.71. The number of halogens is 2. The largest absolute Gasteiger partial charge is 0.381 e. The minimum atomic E-state index is -0.599. The first-order valence-corrected chi connectivity index (χ1v) is 14.9. The second-order valence-corrected chi connectivity index (χ2v) is 10.0. The summed E-state index contributed by atoms with van der Waals surface area (Å²) in [6.07, 6.45) is 1.60. The zero-order valence-electron chi connectivity index (χ0n) is 21.9. The Morgan fingerprint density at radius 2 is 1.45 bits per heavy atom. The molecule has 0 atom stereocenters. The Morgan fingerprint density at radius 1 is 0.900 bits per heavy atom. The van der Waals surface area contributed by atoms with E-state index in [1.54, 1.807) is 0 Å². The first-order valence-electron chi connectivity index (χ1n) is 12.6. The summed E-state index contributed by atoms with van der Waals surface area (Å²) in [5.41, 5.74) is 1.31. The number of rotatable bonds is 8. The first kappa shape index (κ1) is 31.1. The zero-order chi connectivity index (χ0) is 28.5. The molecule has 0 aliphatic carbocycles. The first-order chi connectivity index (χ1) is 19.7. The molecule has 12 heteroatoms. The lowest BCUT2D eigenvalue weighted by atomic mass is 9.90. The molecule has 2 aromatic heterocycles. The van der Waals surface area contributed by atoms with E-state index in [9.17, 15) is 0 Å². The number of aromatic nitrogens is 6. The van der Waals surface area contributed by atoms with Gasteiger partial charge in [-0.2, -0.15) is 15.5 Å². The van der Waals surface area contributed by atoms with Crippen LogP contribution in [0.5, 0.6) is 0 Å². The molecule has 40 heavy (non-hydrogen) atoms. The topological polar surface area (TPSA) is 130 Å². The van der Waals surface area contributed by atoms with Crippen molar-refractivity contribution >= 4 is 31.9 Å². The molecule has 208 valence electrons. The van der Waals surface area contributed by atoms with Crippen LogP contribution in [0.2, 0.25) is 0 Å². The summed E-state index contributed by atoms with van der Waals surface area (Å²) in [5.74, 6) is 2.54. The third-order valence-corrected chi connectivity index (χ3v) is 6.39. The number of hydrogen-bond donors (Lipinski definition) is 2. The molecule has 1 fully saturated rings. The van der Waals surface area contributed by atoms with Gasteiger partial charge in [0, 0.05) is 21.8 Å². The molecule has 0 saturated carbocycles. The van der Waals surface area contributed by atoms with Crippen LogP contribution in [-0.4, -0.2) is 67.5 Å². The van der Waals surface area contributed by atoms with Gasteiger partial charge in [0.1, 0.15) is 5.82 Å². The highest BCUT2D eigenvalue weighted by atomic mass is 79.9. The Bertz CT molecular complexity index is 1340. The molecule has 3 heterocycles. The maximum absolute atomic E-state index is 8.46. The fourth-order valence-electron chi connectivity index (χ4n) is 3.67. The van der Waals surface area contributed by atoms with Crippen LogP contribution in [0, 0.1) is 17.9 Å². The van der Waals surface area contributed by atoms with Gasteiger partial charge in [0.05, 0.1) is 51.8 Å². The molecule has 4 aromatic rings. The maximum atomic E-state index is 8.46. The number of aromatic amines is 2. The lowest BCUT2D eigenvalue weighted by Gasteiger charge is -2.23. The van der Waals surface area contributed by atoms with Gasteiger partial charge in [-0.25, -0.2) is 16.5 Å². The van der Waals surface area contributed by atoms with E-state index in [-0.39, 0.29) is 6.42 Å². The standard InChI is InChI=1S/C14H14N4O.C10H8N4.C4H8Br2O/c1-15-14(7-9-19-10-8-14)13-16-12(17-18-13)11-5-3-2-4-6-11;11-7-6-9-12-10(14-13-9)8-4-2-1-3-5-8;5-1-3-7-4-2-6/h2-6H,7-10H2,(H,16,17,18);1-5H,6H2,(H,12,13,14);1-4H2. The second kappa shape index (κ2) is 17.3. The summed E-state index contributed by atoms with van der Waals surface area (Å²) in [7, 11) is 0. The highest BCUT2D eigenvalue weighted by Crippen LogP contribution is 2.34. The number of nitrogens with one attached hydrogen (secondary N) is 2. The number of nitriles is 1. The zero-order valence-corrected chi connectivity index (χ0v) is 25.1. The molecule has 1 saturated heterocycles. The van der Waals surface area contributed by atoms with Gasteiger partial charge < -0.3 is 14.3 Å². The molecular weight excluding hydrogens is 640 g/mol. The van der Waals surface area contributed by atoms with Crippen molar-refractivity contribution in [3.63, 3.8) is 0 Å². The van der Waals surface area contributed by atoms with Crippen LogP contribution in [-0.2, 0) is 21.4 Å². The Labute approximate surface area is 250 Å². The molecule has 1 aliphatic heterocycles. The average molecular weight is 670 g/mol. The third kappa shape index (κ3) is 9.35. The molecular formula is C28H30Br2N8O2. The Kier molecular flexibility index (Phi) is 13.5. The van der Waals surface area contributed by atoms with Crippen molar-refractivity contribution in [2.45, 2.75) is 24.8 Å².